The summed E-state index contributed by atoms with van der Waals surface area (Å²) in [5, 5.41) is 0. The first-order valence-corrected chi connectivity index (χ1v) is 2.91. The second-order valence-electron chi connectivity index (χ2n) is 0.182. The molecule has 1 nitrogen and oxygen atoms in total. The number of hydrogen-bond donors (Lipinski definition) is 0. The molecular weight excluding hydrogens is 108 g/mol. The van der Waals surface area contributed by atoms with E-state index in [1.165, 1.54) is 0 Å². The lowest BCUT2D eigenvalue weighted by Crippen LogP contribution is -0.913. The lowest BCUT2D eigenvalue weighted by molar-refractivity contribution is 2.11. The van der Waals surface area contributed by atoms with Gasteiger partial charge in [-0.15, -0.1) is 0 Å². The van der Waals surface area contributed by atoms with Gasteiger partial charge in [0.1, 0.15) is 7.51 Å². The summed E-state index contributed by atoms with van der Waals surface area (Å²) in [6, 6.07) is 0. The molecule has 4 heteroatoms. The van der Waals surface area contributed by atoms with E-state index in [4.69, 9.17) is 0 Å². The molecule has 0 fully saturated rings. The standard InChI is InChI=1S/HNP2S/c2-1-3-4/h2H. The van der Waals surface area contributed by atoms with Crippen LogP contribution in [0.1, 0.15) is 0 Å². The van der Waals surface area contributed by atoms with Crippen molar-refractivity contribution in [1.82, 2.24) is 0 Å². The molecule has 0 aliphatic carbocycles. The van der Waals surface area contributed by atoms with Gasteiger partial charge < -0.3 is 0 Å². The third kappa shape index (κ3) is 2.62. The Bertz CT molecular complexity index is 27.0. The average molecular weight is 109 g/mol. The van der Waals surface area contributed by atoms with E-state index < -0.39 is 0 Å². The van der Waals surface area contributed by atoms with Crippen LogP contribution >= 0.6 is 16.5 Å². The zero-order valence-electron chi connectivity index (χ0n) is 1.80. The van der Waals surface area contributed by atoms with Gasteiger partial charge in [0, 0.05) is 0 Å². The Hall–Kier alpha value is 0.620. The fourth-order valence-corrected chi connectivity index (χ4v) is 0. The molecule has 0 unspecified atom stereocenters. The van der Waals surface area contributed by atoms with Crippen molar-refractivity contribution in [2.75, 3.05) is 0 Å². The predicted molar refractivity (Wildman–Crippen MR) is 25.0 cm³/mol. The van der Waals surface area contributed by atoms with Crippen molar-refractivity contribution < 1.29 is 0 Å². The van der Waals surface area contributed by atoms with E-state index in [0.29, 0.717) is 7.51 Å². The van der Waals surface area contributed by atoms with Crippen molar-refractivity contribution in [2.24, 2.45) is 4.52 Å². The summed E-state index contributed by atoms with van der Waals surface area (Å²) in [5.74, 6) is 0. The minimum absolute atomic E-state index is 0.620. The van der Waals surface area contributed by atoms with Gasteiger partial charge in [-0.25, -0.2) is 4.52 Å². The first kappa shape index (κ1) is 4.62. The number of nitrogens with zero attached hydrogens (tertiary/aromatic N) is 1. The van der Waals surface area contributed by atoms with Gasteiger partial charge in [0.25, 0.3) is 0 Å². The van der Waals surface area contributed by atoms with Crippen molar-refractivity contribution in [3.8, 4) is 0 Å². The van der Waals surface area contributed by atoms with Crippen LogP contribution in [0.25, 0.3) is 0 Å². The van der Waals surface area contributed by atoms with Crippen molar-refractivity contribution in [3.63, 3.8) is 0 Å². The van der Waals surface area contributed by atoms with Crippen molar-refractivity contribution >= 4 is 28.3 Å². The molecule has 0 saturated heterocycles. The van der Waals surface area contributed by atoms with Gasteiger partial charge >= 0.3 is 0 Å². The summed E-state index contributed by atoms with van der Waals surface area (Å²) >= 11 is 4.31. The minimum atomic E-state index is 0.620. The van der Waals surface area contributed by atoms with Gasteiger partial charge in [0.05, 0.1) is 0 Å². The molecule has 0 aliphatic rings. The molecule has 0 amide bonds. The largest absolute Gasteiger partial charge is 0.203 e. The topological polar surface area (TPSA) is 12.4 Å². The Morgan fingerprint density at radius 3 is 2.25 bits per heavy atom. The summed E-state index contributed by atoms with van der Waals surface area (Å²) in [6.45, 7) is 0. The zero-order valence-corrected chi connectivity index (χ0v) is 4.51. The summed E-state index contributed by atoms with van der Waals surface area (Å²) in [7, 11) is 3.42. The highest BCUT2D eigenvalue weighted by atomic mass is 32.4. The van der Waals surface area contributed by atoms with E-state index >= 15 is 0 Å². The van der Waals surface area contributed by atoms with Crippen LogP contribution in [0.2, 0.25) is 0 Å². The SMILES string of the molecule is P=NP=S. The third-order valence-electron chi connectivity index (χ3n) is 0.0408. The van der Waals surface area contributed by atoms with Crippen LogP contribution in [-0.2, 0) is 11.8 Å². The van der Waals surface area contributed by atoms with E-state index in [-0.39, 0.29) is 0 Å². The Kier molecular flexibility index (Phi) is 4.18. The van der Waals surface area contributed by atoms with Crippen LogP contribution < -0.4 is 0 Å². The van der Waals surface area contributed by atoms with Crippen LogP contribution in [0.4, 0.5) is 0 Å². The highest BCUT2D eigenvalue weighted by molar-refractivity contribution is 7.96. The van der Waals surface area contributed by atoms with Crippen LogP contribution in [0.15, 0.2) is 4.52 Å². The lowest BCUT2D eigenvalue weighted by atomic mass is 13.9. The summed E-state index contributed by atoms with van der Waals surface area (Å²) in [5.41, 5.74) is 0. The van der Waals surface area contributed by atoms with Gasteiger partial charge in [-0.2, -0.15) is 0 Å². The fraction of sp³-hybridized carbons (Fsp3) is 0. The molecule has 0 aromatic rings. The molecule has 0 N–H and O–H groups in total. The number of rotatable bonds is 1. The van der Waals surface area contributed by atoms with E-state index in [2.05, 4.69) is 25.4 Å². The van der Waals surface area contributed by atoms with Crippen LogP contribution in [0.5, 0.6) is 0 Å². The van der Waals surface area contributed by atoms with Crippen molar-refractivity contribution in [3.05, 3.63) is 0 Å². The molecule has 0 bridgehead atoms. The molecule has 0 spiro atoms. The van der Waals surface area contributed by atoms with Gasteiger partial charge in [-0.3, -0.25) is 0 Å². The van der Waals surface area contributed by atoms with Crippen LogP contribution in [-0.4, -0.2) is 0 Å². The molecule has 22 valence electrons. The molecule has 0 heterocycles. The van der Waals surface area contributed by atoms with Gasteiger partial charge in [-0.05, 0) is 20.8 Å². The minimum Gasteiger partial charge on any atom is -0.203 e. The summed E-state index contributed by atoms with van der Waals surface area (Å²) in [4.78, 5) is 0. The highest BCUT2D eigenvalue weighted by Gasteiger charge is 1.34. The maximum atomic E-state index is 4.31. The third-order valence-corrected chi connectivity index (χ3v) is 1.10. The quantitative estimate of drug-likeness (QED) is 0.466. The Morgan fingerprint density at radius 1 is 2.00 bits per heavy atom. The van der Waals surface area contributed by atoms with Crippen LogP contribution in [0.3, 0.4) is 0 Å². The Labute approximate surface area is 33.6 Å². The number of hydrogen-bond acceptors (Lipinski definition) is 1. The van der Waals surface area contributed by atoms with E-state index in [1.807, 2.05) is 0 Å². The highest BCUT2D eigenvalue weighted by Crippen LogP contribution is 1.92. The molecule has 0 aliphatic heterocycles. The van der Waals surface area contributed by atoms with E-state index in [1.54, 1.807) is 0 Å². The maximum absolute atomic E-state index is 4.31. The maximum Gasteiger partial charge on any atom is 0.119 e. The molecule has 0 atom stereocenters. The zero-order chi connectivity index (χ0) is 3.41. The molecule has 0 saturated carbocycles. The second-order valence-corrected chi connectivity index (χ2v) is 1.63. The Morgan fingerprint density at radius 2 is 2.25 bits per heavy atom. The summed E-state index contributed by atoms with van der Waals surface area (Å²) in [6.07, 6.45) is 0. The van der Waals surface area contributed by atoms with Gasteiger partial charge in [-0.1, -0.05) is 0 Å². The molecule has 0 aromatic heterocycles. The molecule has 0 radical (unpaired) electrons. The lowest BCUT2D eigenvalue weighted by Gasteiger charge is -1.41. The smallest absolute Gasteiger partial charge is 0.119 e. The Balaban J connectivity index is 2.73. The van der Waals surface area contributed by atoms with Gasteiger partial charge in [0.15, 0.2) is 0 Å². The van der Waals surface area contributed by atoms with E-state index in [0.717, 1.165) is 0 Å². The molecule has 0 rings (SSSR count). The monoisotopic (exact) mass is 109 g/mol. The first-order chi connectivity index (χ1) is 1.91. The van der Waals surface area contributed by atoms with Crippen LogP contribution in [0, 0.1) is 0 Å². The predicted octanol–water partition coefficient (Wildman–Crippen LogP) is 1.64. The molecule has 4 heavy (non-hydrogen) atoms. The molecule has 0 aromatic carbocycles. The van der Waals surface area contributed by atoms with Crippen molar-refractivity contribution in [2.45, 2.75) is 0 Å². The molecular formula is HNP2S. The van der Waals surface area contributed by atoms with Crippen molar-refractivity contribution in [1.29, 1.82) is 0 Å². The fourth-order valence-electron chi connectivity index (χ4n) is 0. The second kappa shape index (κ2) is 3.62. The van der Waals surface area contributed by atoms with Gasteiger partial charge in [0.2, 0.25) is 0 Å². The normalized spacial score (nSPS) is 7.00. The first-order valence-electron chi connectivity index (χ1n) is 0.606. The average Bonchev–Trinajstić information content (AvgIpc) is 1.37. The summed E-state index contributed by atoms with van der Waals surface area (Å²) < 4.78 is 3.33. The van der Waals surface area contributed by atoms with E-state index in [9.17, 15) is 0 Å².